The summed E-state index contributed by atoms with van der Waals surface area (Å²) in [4.78, 5) is 16.3. The van der Waals surface area contributed by atoms with Gasteiger partial charge >= 0.3 is 0 Å². The zero-order chi connectivity index (χ0) is 16.9. The van der Waals surface area contributed by atoms with Gasteiger partial charge in [0.1, 0.15) is 11.6 Å². The van der Waals surface area contributed by atoms with Crippen LogP contribution in [-0.2, 0) is 4.79 Å². The number of aromatic nitrogens is 3. The average molecular weight is 350 g/mol. The van der Waals surface area contributed by atoms with E-state index in [2.05, 4.69) is 25.8 Å². The number of methoxy groups -OCH3 is 1. The lowest BCUT2D eigenvalue weighted by molar-refractivity contribution is -0.116. The molecule has 0 saturated heterocycles. The van der Waals surface area contributed by atoms with E-state index in [-0.39, 0.29) is 12.3 Å². The largest absolute Gasteiger partial charge is 0.495 e. The van der Waals surface area contributed by atoms with E-state index in [9.17, 15) is 4.79 Å². The van der Waals surface area contributed by atoms with Gasteiger partial charge in [-0.05, 0) is 31.0 Å². The maximum atomic E-state index is 12.0. The van der Waals surface area contributed by atoms with Gasteiger partial charge in [0.05, 0.1) is 12.8 Å². The number of hydrogen-bond donors (Lipinski definition) is 3. The second kappa shape index (κ2) is 7.53. The second-order valence-electron chi connectivity index (χ2n) is 5.74. The van der Waals surface area contributed by atoms with Crippen molar-refractivity contribution in [2.24, 2.45) is 0 Å². The molecule has 24 heavy (non-hydrogen) atoms. The number of anilines is 2. The van der Waals surface area contributed by atoms with Crippen molar-refractivity contribution in [1.82, 2.24) is 15.2 Å². The number of benzene rings is 1. The highest BCUT2D eigenvalue weighted by atomic mass is 35.5. The summed E-state index contributed by atoms with van der Waals surface area (Å²) in [5.41, 5.74) is 0.753. The number of rotatable bonds is 7. The zero-order valence-corrected chi connectivity index (χ0v) is 14.2. The first kappa shape index (κ1) is 16.6. The Balaban J connectivity index is 1.47. The van der Waals surface area contributed by atoms with Crippen LogP contribution in [0, 0.1) is 0 Å². The fourth-order valence-electron chi connectivity index (χ4n) is 2.51. The van der Waals surface area contributed by atoms with Crippen molar-refractivity contribution in [1.29, 1.82) is 0 Å². The van der Waals surface area contributed by atoms with Gasteiger partial charge in [0, 0.05) is 23.9 Å². The Morgan fingerprint density at radius 2 is 2.29 bits per heavy atom. The van der Waals surface area contributed by atoms with E-state index in [1.165, 1.54) is 6.42 Å². The molecule has 0 unspecified atom stereocenters. The van der Waals surface area contributed by atoms with Crippen LogP contribution in [0.4, 0.5) is 11.6 Å². The summed E-state index contributed by atoms with van der Waals surface area (Å²) < 4.78 is 5.25. The lowest BCUT2D eigenvalue weighted by atomic mass is 9.85. The van der Waals surface area contributed by atoms with Gasteiger partial charge in [-0.1, -0.05) is 18.0 Å². The first-order valence-corrected chi connectivity index (χ1v) is 8.33. The summed E-state index contributed by atoms with van der Waals surface area (Å²) in [6.45, 7) is 0.447. The van der Waals surface area contributed by atoms with Crippen molar-refractivity contribution < 1.29 is 9.53 Å². The summed E-state index contributed by atoms with van der Waals surface area (Å²) in [5.74, 6) is 2.18. The van der Waals surface area contributed by atoms with Crippen LogP contribution in [0.3, 0.4) is 0 Å². The van der Waals surface area contributed by atoms with E-state index in [4.69, 9.17) is 16.3 Å². The molecule has 3 N–H and O–H groups in total. The van der Waals surface area contributed by atoms with Crippen LogP contribution in [0.1, 0.15) is 37.4 Å². The molecule has 2 aromatic rings. The van der Waals surface area contributed by atoms with E-state index in [0.717, 1.165) is 24.4 Å². The van der Waals surface area contributed by atoms with Crippen LogP contribution in [0.5, 0.6) is 5.75 Å². The molecule has 1 heterocycles. The normalized spacial score (nSPS) is 14.1. The lowest BCUT2D eigenvalue weighted by Crippen LogP contribution is -2.17. The number of nitrogens with one attached hydrogen (secondary N) is 3. The minimum atomic E-state index is -0.150. The molecule has 1 aromatic carbocycles. The van der Waals surface area contributed by atoms with Crippen LogP contribution in [-0.4, -0.2) is 34.7 Å². The number of carbonyl (C=O) groups is 1. The Labute approximate surface area is 145 Å². The molecule has 1 amide bonds. The molecule has 1 aliphatic carbocycles. The van der Waals surface area contributed by atoms with E-state index in [1.807, 2.05) is 0 Å². The third-order valence-corrected chi connectivity index (χ3v) is 4.31. The number of aromatic amines is 1. The van der Waals surface area contributed by atoms with Crippen LogP contribution >= 0.6 is 11.6 Å². The quantitative estimate of drug-likeness (QED) is 0.714. The number of hydrogen-bond acceptors (Lipinski definition) is 5. The smallest absolute Gasteiger partial charge is 0.248 e. The number of ether oxygens (including phenoxy) is 1. The van der Waals surface area contributed by atoms with Crippen LogP contribution in [0.15, 0.2) is 18.2 Å². The molecule has 3 rings (SSSR count). The van der Waals surface area contributed by atoms with Crippen molar-refractivity contribution in [3.05, 3.63) is 29.0 Å². The molecule has 7 nitrogen and oxygen atoms in total. The van der Waals surface area contributed by atoms with Gasteiger partial charge in [-0.25, -0.2) is 0 Å². The summed E-state index contributed by atoms with van der Waals surface area (Å²) in [5, 5.41) is 13.4. The number of nitrogens with zero attached hydrogens (tertiary/aromatic N) is 2. The van der Waals surface area contributed by atoms with Crippen molar-refractivity contribution in [2.75, 3.05) is 24.3 Å². The molecule has 0 aliphatic heterocycles. The standard InChI is InChI=1S/C16H20ClN5O2/c1-24-13-6-5-11(17)9-12(13)18-8-7-14(23)19-16-20-15(21-22-16)10-3-2-4-10/h5-6,9-10,18H,2-4,7-8H2,1H3,(H2,19,20,21,22,23). The lowest BCUT2D eigenvalue weighted by Gasteiger charge is -2.22. The summed E-state index contributed by atoms with van der Waals surface area (Å²) in [7, 11) is 1.59. The molecule has 0 atom stereocenters. The summed E-state index contributed by atoms with van der Waals surface area (Å²) in [6, 6.07) is 5.29. The third-order valence-electron chi connectivity index (χ3n) is 4.07. The number of carbonyl (C=O) groups excluding carboxylic acids is 1. The molecule has 0 radical (unpaired) electrons. The number of H-pyrrole nitrogens is 1. The minimum absolute atomic E-state index is 0.150. The van der Waals surface area contributed by atoms with Crippen LogP contribution in [0.2, 0.25) is 5.02 Å². The molecule has 1 saturated carbocycles. The average Bonchev–Trinajstić information content (AvgIpc) is 2.93. The molecule has 8 heteroatoms. The molecular formula is C16H20ClN5O2. The molecule has 128 valence electrons. The fourth-order valence-corrected chi connectivity index (χ4v) is 2.68. The van der Waals surface area contributed by atoms with Crippen molar-refractivity contribution >= 4 is 29.1 Å². The number of halogens is 1. The van der Waals surface area contributed by atoms with Crippen molar-refractivity contribution in [2.45, 2.75) is 31.6 Å². The van der Waals surface area contributed by atoms with Crippen molar-refractivity contribution in [3.8, 4) is 5.75 Å². The van der Waals surface area contributed by atoms with E-state index in [1.54, 1.807) is 25.3 Å². The number of amides is 1. The Morgan fingerprint density at radius 3 is 3.00 bits per heavy atom. The second-order valence-corrected chi connectivity index (χ2v) is 6.18. The van der Waals surface area contributed by atoms with Crippen LogP contribution < -0.4 is 15.4 Å². The molecule has 0 spiro atoms. The van der Waals surface area contributed by atoms with Crippen molar-refractivity contribution in [3.63, 3.8) is 0 Å². The fraction of sp³-hybridized carbons (Fsp3) is 0.438. The first-order chi connectivity index (χ1) is 11.7. The SMILES string of the molecule is COc1ccc(Cl)cc1NCCC(=O)Nc1n[nH]c(C2CCC2)n1. The Bertz CT molecular complexity index is 714. The highest BCUT2D eigenvalue weighted by Gasteiger charge is 2.23. The Kier molecular flexibility index (Phi) is 5.20. The highest BCUT2D eigenvalue weighted by Crippen LogP contribution is 2.34. The van der Waals surface area contributed by atoms with Gasteiger partial charge in [0.25, 0.3) is 0 Å². The minimum Gasteiger partial charge on any atom is -0.495 e. The van der Waals surface area contributed by atoms with E-state index >= 15 is 0 Å². The first-order valence-electron chi connectivity index (χ1n) is 7.95. The predicted octanol–water partition coefficient (Wildman–Crippen LogP) is 3.17. The topological polar surface area (TPSA) is 91.9 Å². The maximum absolute atomic E-state index is 12.0. The van der Waals surface area contributed by atoms with Gasteiger partial charge in [-0.15, -0.1) is 5.10 Å². The maximum Gasteiger partial charge on any atom is 0.248 e. The molecule has 1 aliphatic rings. The molecule has 0 bridgehead atoms. The van der Waals surface area contributed by atoms with Gasteiger partial charge in [-0.3, -0.25) is 15.2 Å². The van der Waals surface area contributed by atoms with Gasteiger partial charge < -0.3 is 10.1 Å². The van der Waals surface area contributed by atoms with E-state index in [0.29, 0.717) is 29.2 Å². The van der Waals surface area contributed by atoms with Gasteiger partial charge in [-0.2, -0.15) is 4.98 Å². The van der Waals surface area contributed by atoms with Gasteiger partial charge in [0.2, 0.25) is 11.9 Å². The zero-order valence-electron chi connectivity index (χ0n) is 13.4. The van der Waals surface area contributed by atoms with E-state index < -0.39 is 0 Å². The monoisotopic (exact) mass is 349 g/mol. The third kappa shape index (κ3) is 3.97. The molecule has 1 fully saturated rings. The predicted molar refractivity (Wildman–Crippen MR) is 92.7 cm³/mol. The molecule has 1 aromatic heterocycles. The summed E-state index contributed by atoms with van der Waals surface area (Å²) >= 11 is 5.97. The Hall–Kier alpha value is -2.28. The summed E-state index contributed by atoms with van der Waals surface area (Å²) in [6.07, 6.45) is 3.77. The molecular weight excluding hydrogens is 330 g/mol. The Morgan fingerprint density at radius 1 is 1.46 bits per heavy atom. The highest BCUT2D eigenvalue weighted by molar-refractivity contribution is 6.30. The van der Waals surface area contributed by atoms with Gasteiger partial charge in [0.15, 0.2) is 0 Å². The van der Waals surface area contributed by atoms with Crippen LogP contribution in [0.25, 0.3) is 0 Å².